The summed E-state index contributed by atoms with van der Waals surface area (Å²) in [5, 5.41) is 9.29. The van der Waals surface area contributed by atoms with Crippen molar-refractivity contribution in [2.75, 3.05) is 14.2 Å². The Morgan fingerprint density at radius 1 is 1.10 bits per heavy atom. The SMILES string of the molecule is COc1ccc(-c2[nH]ncc2C(=O)NCc2cccc(C(F)(F)F)c2)cc1OC. The van der Waals surface area contributed by atoms with Gasteiger partial charge >= 0.3 is 6.18 Å². The number of carbonyl (C=O) groups is 1. The van der Waals surface area contributed by atoms with Crippen LogP contribution in [0, 0.1) is 0 Å². The lowest BCUT2D eigenvalue weighted by Gasteiger charge is -2.11. The molecule has 1 heterocycles. The fourth-order valence-corrected chi connectivity index (χ4v) is 2.81. The maximum atomic E-state index is 12.8. The Morgan fingerprint density at radius 2 is 1.86 bits per heavy atom. The Kier molecular flexibility index (Phi) is 5.76. The quantitative estimate of drug-likeness (QED) is 0.649. The van der Waals surface area contributed by atoms with Gasteiger partial charge in [-0.3, -0.25) is 9.89 Å². The number of nitrogens with one attached hydrogen (secondary N) is 2. The average molecular weight is 405 g/mol. The first-order chi connectivity index (χ1) is 13.8. The van der Waals surface area contributed by atoms with E-state index in [1.807, 2.05) is 0 Å². The van der Waals surface area contributed by atoms with Crippen molar-refractivity contribution in [1.29, 1.82) is 0 Å². The number of amides is 1. The number of halogens is 3. The molecule has 152 valence electrons. The highest BCUT2D eigenvalue weighted by atomic mass is 19.4. The van der Waals surface area contributed by atoms with Gasteiger partial charge in [-0.05, 0) is 35.9 Å². The molecular formula is C20H18F3N3O3. The molecule has 0 bridgehead atoms. The van der Waals surface area contributed by atoms with E-state index in [4.69, 9.17) is 9.47 Å². The molecule has 3 rings (SSSR count). The van der Waals surface area contributed by atoms with Crippen LogP contribution in [0.15, 0.2) is 48.7 Å². The monoisotopic (exact) mass is 405 g/mol. The van der Waals surface area contributed by atoms with Gasteiger partial charge < -0.3 is 14.8 Å². The second-order valence-corrected chi connectivity index (χ2v) is 6.11. The number of alkyl halides is 3. The van der Waals surface area contributed by atoms with Crippen molar-refractivity contribution in [3.05, 3.63) is 65.4 Å². The van der Waals surface area contributed by atoms with E-state index < -0.39 is 17.6 Å². The smallest absolute Gasteiger partial charge is 0.416 e. The molecule has 0 aliphatic carbocycles. The third-order valence-corrected chi connectivity index (χ3v) is 4.26. The first-order valence-electron chi connectivity index (χ1n) is 8.53. The lowest BCUT2D eigenvalue weighted by Crippen LogP contribution is -2.23. The molecule has 6 nitrogen and oxygen atoms in total. The molecule has 0 spiro atoms. The second-order valence-electron chi connectivity index (χ2n) is 6.11. The fraction of sp³-hybridized carbons (Fsp3) is 0.200. The molecule has 0 unspecified atom stereocenters. The van der Waals surface area contributed by atoms with Gasteiger partial charge in [0.25, 0.3) is 5.91 Å². The van der Waals surface area contributed by atoms with Crippen LogP contribution in [0.5, 0.6) is 11.5 Å². The van der Waals surface area contributed by atoms with Crippen LogP contribution in [0.3, 0.4) is 0 Å². The standard InChI is InChI=1S/C20H18F3N3O3/c1-28-16-7-6-13(9-17(16)29-2)18-15(11-25-26-18)19(27)24-10-12-4-3-5-14(8-12)20(21,22)23/h3-9,11H,10H2,1-2H3,(H,24,27)(H,25,26). The van der Waals surface area contributed by atoms with Gasteiger partial charge in [0.1, 0.15) is 0 Å². The van der Waals surface area contributed by atoms with E-state index in [9.17, 15) is 18.0 Å². The average Bonchev–Trinajstić information content (AvgIpc) is 3.21. The highest BCUT2D eigenvalue weighted by molar-refractivity contribution is 5.99. The van der Waals surface area contributed by atoms with Crippen LogP contribution in [-0.4, -0.2) is 30.3 Å². The molecule has 2 aromatic carbocycles. The highest BCUT2D eigenvalue weighted by Gasteiger charge is 2.30. The molecule has 0 atom stereocenters. The number of hydrogen-bond acceptors (Lipinski definition) is 4. The summed E-state index contributed by atoms with van der Waals surface area (Å²) >= 11 is 0. The van der Waals surface area contributed by atoms with Gasteiger partial charge in [0.15, 0.2) is 11.5 Å². The van der Waals surface area contributed by atoms with Gasteiger partial charge in [-0.2, -0.15) is 18.3 Å². The van der Waals surface area contributed by atoms with Crippen molar-refractivity contribution in [3.63, 3.8) is 0 Å². The van der Waals surface area contributed by atoms with Gasteiger partial charge in [0.05, 0.1) is 37.2 Å². The molecule has 0 aliphatic rings. The van der Waals surface area contributed by atoms with E-state index in [-0.39, 0.29) is 12.1 Å². The summed E-state index contributed by atoms with van der Waals surface area (Å²) in [5.74, 6) is 0.544. The summed E-state index contributed by atoms with van der Waals surface area (Å²) in [4.78, 5) is 12.6. The number of nitrogens with zero attached hydrogens (tertiary/aromatic N) is 1. The zero-order chi connectivity index (χ0) is 21.0. The number of methoxy groups -OCH3 is 2. The molecule has 3 aromatic rings. The van der Waals surface area contributed by atoms with Crippen molar-refractivity contribution >= 4 is 5.91 Å². The van der Waals surface area contributed by atoms with E-state index in [0.29, 0.717) is 28.3 Å². The molecule has 2 N–H and O–H groups in total. The number of carbonyl (C=O) groups excluding carboxylic acids is 1. The van der Waals surface area contributed by atoms with Crippen molar-refractivity contribution in [2.24, 2.45) is 0 Å². The third-order valence-electron chi connectivity index (χ3n) is 4.26. The second kappa shape index (κ2) is 8.26. The molecule has 0 saturated heterocycles. The number of hydrogen-bond donors (Lipinski definition) is 2. The van der Waals surface area contributed by atoms with Gasteiger partial charge in [-0.1, -0.05) is 12.1 Å². The lowest BCUT2D eigenvalue weighted by molar-refractivity contribution is -0.137. The molecular weight excluding hydrogens is 387 g/mol. The Morgan fingerprint density at radius 3 is 2.55 bits per heavy atom. The third kappa shape index (κ3) is 4.50. The number of aromatic nitrogens is 2. The van der Waals surface area contributed by atoms with E-state index >= 15 is 0 Å². The minimum Gasteiger partial charge on any atom is -0.493 e. The fourth-order valence-electron chi connectivity index (χ4n) is 2.81. The molecule has 9 heteroatoms. The van der Waals surface area contributed by atoms with E-state index in [0.717, 1.165) is 12.1 Å². The van der Waals surface area contributed by atoms with Crippen LogP contribution < -0.4 is 14.8 Å². The minimum absolute atomic E-state index is 0.0562. The van der Waals surface area contributed by atoms with Crippen LogP contribution in [0.4, 0.5) is 13.2 Å². The van der Waals surface area contributed by atoms with Crippen molar-refractivity contribution in [2.45, 2.75) is 12.7 Å². The Balaban J connectivity index is 1.78. The van der Waals surface area contributed by atoms with Gasteiger partial charge in [0, 0.05) is 12.1 Å². The molecule has 0 fully saturated rings. The predicted molar refractivity (Wildman–Crippen MR) is 99.7 cm³/mol. The van der Waals surface area contributed by atoms with Gasteiger partial charge in [0.2, 0.25) is 0 Å². The summed E-state index contributed by atoms with van der Waals surface area (Å²) in [6.07, 6.45) is -3.08. The first-order valence-corrected chi connectivity index (χ1v) is 8.53. The zero-order valence-electron chi connectivity index (χ0n) is 15.6. The van der Waals surface area contributed by atoms with E-state index in [1.165, 1.54) is 32.5 Å². The summed E-state index contributed by atoms with van der Waals surface area (Å²) in [6.45, 7) is -0.0562. The lowest BCUT2D eigenvalue weighted by atomic mass is 10.1. The van der Waals surface area contributed by atoms with Crippen LogP contribution in [-0.2, 0) is 12.7 Å². The van der Waals surface area contributed by atoms with E-state index in [1.54, 1.807) is 18.2 Å². The first kappa shape index (κ1) is 20.2. The van der Waals surface area contributed by atoms with Crippen molar-refractivity contribution in [1.82, 2.24) is 15.5 Å². The summed E-state index contributed by atoms with van der Waals surface area (Å²) < 4.78 is 48.9. The van der Waals surface area contributed by atoms with Crippen molar-refractivity contribution in [3.8, 4) is 22.8 Å². The van der Waals surface area contributed by atoms with Crippen LogP contribution in [0.25, 0.3) is 11.3 Å². The van der Waals surface area contributed by atoms with Crippen molar-refractivity contribution < 1.29 is 27.4 Å². The number of rotatable bonds is 6. The number of H-pyrrole nitrogens is 1. The maximum Gasteiger partial charge on any atom is 0.416 e. The number of aromatic amines is 1. The number of ether oxygens (including phenoxy) is 2. The molecule has 0 saturated carbocycles. The topological polar surface area (TPSA) is 76.2 Å². The summed E-state index contributed by atoms with van der Waals surface area (Å²) in [6, 6.07) is 9.92. The Hall–Kier alpha value is -3.49. The summed E-state index contributed by atoms with van der Waals surface area (Å²) in [5.41, 5.74) is 0.920. The molecule has 0 aliphatic heterocycles. The predicted octanol–water partition coefficient (Wildman–Crippen LogP) is 4.04. The number of benzene rings is 2. The molecule has 0 radical (unpaired) electrons. The maximum absolute atomic E-state index is 12.8. The highest BCUT2D eigenvalue weighted by Crippen LogP contribution is 2.33. The minimum atomic E-state index is -4.44. The van der Waals surface area contributed by atoms with Gasteiger partial charge in [-0.25, -0.2) is 0 Å². The zero-order valence-corrected chi connectivity index (χ0v) is 15.6. The van der Waals surface area contributed by atoms with Crippen LogP contribution in [0.2, 0.25) is 0 Å². The normalized spacial score (nSPS) is 11.2. The molecule has 1 amide bonds. The van der Waals surface area contributed by atoms with Crippen LogP contribution in [0.1, 0.15) is 21.5 Å². The van der Waals surface area contributed by atoms with Crippen LogP contribution >= 0.6 is 0 Å². The molecule has 29 heavy (non-hydrogen) atoms. The largest absolute Gasteiger partial charge is 0.493 e. The Labute approximate surface area is 164 Å². The van der Waals surface area contributed by atoms with E-state index in [2.05, 4.69) is 15.5 Å². The Bertz CT molecular complexity index is 1020. The molecule has 1 aromatic heterocycles. The van der Waals surface area contributed by atoms with Gasteiger partial charge in [-0.15, -0.1) is 0 Å². The summed E-state index contributed by atoms with van der Waals surface area (Å²) in [7, 11) is 3.01.